The molecular weight excluding hydrogens is 494 g/mol. The van der Waals surface area contributed by atoms with Crippen molar-refractivity contribution < 1.29 is 14.0 Å². The largest absolute Gasteiger partial charge is 0.486 e. The summed E-state index contributed by atoms with van der Waals surface area (Å²) >= 11 is 0. The van der Waals surface area contributed by atoms with Gasteiger partial charge in [0.25, 0.3) is 11.5 Å². The Morgan fingerprint density at radius 2 is 1.79 bits per heavy atom. The number of carbonyl (C=O) groups is 1. The van der Waals surface area contributed by atoms with Crippen molar-refractivity contribution in [2.24, 2.45) is 0 Å². The number of likely N-dealkylation sites (N-methyl/N-ethyl adjacent to an activating group) is 1. The van der Waals surface area contributed by atoms with Gasteiger partial charge in [-0.1, -0.05) is 77.3 Å². The Morgan fingerprint density at radius 1 is 1.13 bits per heavy atom. The summed E-state index contributed by atoms with van der Waals surface area (Å²) in [5, 5.41) is 0.0913. The van der Waals surface area contributed by atoms with Gasteiger partial charge in [0, 0.05) is 25.4 Å². The Morgan fingerprint density at radius 3 is 2.39 bits per heavy atom. The van der Waals surface area contributed by atoms with Crippen LogP contribution in [0.1, 0.15) is 88.1 Å². The van der Waals surface area contributed by atoms with Crippen molar-refractivity contribution in [3.05, 3.63) is 57.8 Å². The molecule has 1 saturated carbocycles. The van der Waals surface area contributed by atoms with Crippen molar-refractivity contribution >= 4 is 14.2 Å². The lowest BCUT2D eigenvalue weighted by atomic mass is 9.76. The van der Waals surface area contributed by atoms with Crippen molar-refractivity contribution in [2.45, 2.75) is 96.2 Å². The summed E-state index contributed by atoms with van der Waals surface area (Å²) in [6.45, 7) is 14.3. The van der Waals surface area contributed by atoms with Gasteiger partial charge in [-0.15, -0.1) is 0 Å². The van der Waals surface area contributed by atoms with Crippen LogP contribution >= 0.6 is 0 Å². The number of nitrogens with one attached hydrogen (secondary N) is 1. The lowest BCUT2D eigenvalue weighted by molar-refractivity contribution is 0.0758. The highest BCUT2D eigenvalue weighted by atomic mass is 28.4. The number of unbranched alkanes of at least 4 members (excludes halogenated alkanes) is 1. The van der Waals surface area contributed by atoms with Crippen LogP contribution in [0.15, 0.2) is 35.1 Å². The van der Waals surface area contributed by atoms with Crippen LogP contribution in [-0.2, 0) is 16.3 Å². The molecule has 0 aliphatic heterocycles. The predicted molar refractivity (Wildman–Crippen MR) is 156 cm³/mol. The SMILES string of the molecule is CCCCOc1c(C(=O)N(C)CCO[Si](C)(C)C(C)(C)C)nc(CC2(c3ccccc3)CCCC2)[nH]c1=O. The van der Waals surface area contributed by atoms with E-state index in [-0.39, 0.29) is 33.4 Å². The number of benzene rings is 1. The van der Waals surface area contributed by atoms with Crippen LogP contribution in [0.25, 0.3) is 0 Å². The second kappa shape index (κ2) is 12.6. The molecule has 1 aliphatic carbocycles. The molecule has 1 heterocycles. The van der Waals surface area contributed by atoms with E-state index in [1.807, 2.05) is 6.07 Å². The third-order valence-electron chi connectivity index (χ3n) is 8.37. The summed E-state index contributed by atoms with van der Waals surface area (Å²) in [6, 6.07) is 10.5. The van der Waals surface area contributed by atoms with Gasteiger partial charge in [0.15, 0.2) is 14.0 Å². The highest BCUT2D eigenvalue weighted by molar-refractivity contribution is 6.74. The highest BCUT2D eigenvalue weighted by Crippen LogP contribution is 2.43. The van der Waals surface area contributed by atoms with Crippen LogP contribution < -0.4 is 10.3 Å². The van der Waals surface area contributed by atoms with Crippen LogP contribution in [0.2, 0.25) is 18.1 Å². The number of aromatic amines is 1. The maximum absolute atomic E-state index is 13.6. The fourth-order valence-electron chi connectivity index (χ4n) is 4.86. The average Bonchev–Trinajstić information content (AvgIpc) is 3.34. The number of amides is 1. The van der Waals surface area contributed by atoms with Crippen molar-refractivity contribution in [3.63, 3.8) is 0 Å². The fraction of sp³-hybridized carbons (Fsp3) is 0.633. The molecule has 0 spiro atoms. The second-order valence-corrected chi connectivity index (χ2v) is 17.1. The fourth-order valence-corrected chi connectivity index (χ4v) is 5.89. The Kier molecular flexibility index (Phi) is 9.98. The number of carbonyl (C=O) groups excluding carboxylic acids is 1. The molecule has 210 valence electrons. The Bertz CT molecular complexity index is 1120. The molecule has 7 nitrogen and oxygen atoms in total. The molecule has 0 atom stereocenters. The zero-order chi connectivity index (χ0) is 28.0. The summed E-state index contributed by atoms with van der Waals surface area (Å²) in [7, 11) is -0.197. The first-order chi connectivity index (χ1) is 17.9. The maximum atomic E-state index is 13.6. The van der Waals surface area contributed by atoms with Gasteiger partial charge in [0.1, 0.15) is 5.82 Å². The van der Waals surface area contributed by atoms with Crippen molar-refractivity contribution in [1.82, 2.24) is 14.9 Å². The molecule has 1 amide bonds. The molecule has 3 rings (SSSR count). The van der Waals surface area contributed by atoms with E-state index in [1.165, 1.54) is 5.56 Å². The van der Waals surface area contributed by atoms with Crippen LogP contribution in [0.3, 0.4) is 0 Å². The molecule has 1 N–H and O–H groups in total. The zero-order valence-electron chi connectivity index (χ0n) is 24.5. The summed E-state index contributed by atoms with van der Waals surface area (Å²) in [5.41, 5.74) is 0.874. The maximum Gasteiger partial charge on any atom is 0.294 e. The molecule has 38 heavy (non-hydrogen) atoms. The molecule has 0 bridgehead atoms. The first-order valence-electron chi connectivity index (χ1n) is 14.1. The van der Waals surface area contributed by atoms with Crippen LogP contribution in [0.4, 0.5) is 0 Å². The monoisotopic (exact) mass is 541 g/mol. The molecule has 1 aliphatic rings. The lowest BCUT2D eigenvalue weighted by Gasteiger charge is -2.36. The third kappa shape index (κ3) is 7.14. The molecule has 0 unspecified atom stereocenters. The van der Waals surface area contributed by atoms with E-state index in [0.29, 0.717) is 32.0 Å². The lowest BCUT2D eigenvalue weighted by Crippen LogP contribution is -2.43. The standard InChI is InChI=1S/C30H47N3O4Si/c1-8-9-20-36-26-25(28(35)33(5)19-21-37-38(6,7)29(2,3)4)31-24(32-27(26)34)22-30(17-13-14-18-30)23-15-11-10-12-16-23/h10-12,15-16H,8-9,13-14,17-22H2,1-7H3,(H,31,32,34). The summed E-state index contributed by atoms with van der Waals surface area (Å²) in [5.74, 6) is 0.241. The van der Waals surface area contributed by atoms with Gasteiger partial charge in [-0.25, -0.2) is 4.98 Å². The first kappa shape index (κ1) is 30.1. The quantitative estimate of drug-likeness (QED) is 0.259. The normalized spacial score (nSPS) is 15.4. The van der Waals surface area contributed by atoms with Gasteiger partial charge in [-0.3, -0.25) is 9.59 Å². The van der Waals surface area contributed by atoms with E-state index in [0.717, 1.165) is 38.5 Å². The first-order valence-corrected chi connectivity index (χ1v) is 17.0. The number of ether oxygens (including phenoxy) is 1. The number of rotatable bonds is 12. The number of hydrogen-bond acceptors (Lipinski definition) is 5. The minimum Gasteiger partial charge on any atom is -0.486 e. The van der Waals surface area contributed by atoms with Crippen LogP contribution in [0.5, 0.6) is 5.75 Å². The number of nitrogens with zero attached hydrogens (tertiary/aromatic N) is 2. The van der Waals surface area contributed by atoms with Gasteiger partial charge in [0.2, 0.25) is 5.75 Å². The van der Waals surface area contributed by atoms with E-state index in [2.05, 4.69) is 70.0 Å². The zero-order valence-corrected chi connectivity index (χ0v) is 25.5. The van der Waals surface area contributed by atoms with Crippen molar-refractivity contribution in [1.29, 1.82) is 0 Å². The number of hydrogen-bond donors (Lipinski definition) is 1. The topological polar surface area (TPSA) is 84.5 Å². The summed E-state index contributed by atoms with van der Waals surface area (Å²) < 4.78 is 12.1. The van der Waals surface area contributed by atoms with E-state index < -0.39 is 8.32 Å². The third-order valence-corrected chi connectivity index (χ3v) is 12.9. The van der Waals surface area contributed by atoms with Gasteiger partial charge in [-0.2, -0.15) is 0 Å². The van der Waals surface area contributed by atoms with Crippen molar-refractivity contribution in [2.75, 3.05) is 26.8 Å². The van der Waals surface area contributed by atoms with E-state index in [4.69, 9.17) is 14.1 Å². The van der Waals surface area contributed by atoms with Gasteiger partial charge >= 0.3 is 0 Å². The van der Waals surface area contributed by atoms with E-state index in [9.17, 15) is 9.59 Å². The average molecular weight is 542 g/mol. The Labute approximate surface area is 229 Å². The highest BCUT2D eigenvalue weighted by Gasteiger charge is 2.38. The molecular formula is C30H47N3O4Si. The smallest absolute Gasteiger partial charge is 0.294 e. The minimum absolute atomic E-state index is 0.0181. The van der Waals surface area contributed by atoms with Crippen LogP contribution in [-0.4, -0.2) is 55.9 Å². The van der Waals surface area contributed by atoms with E-state index >= 15 is 0 Å². The minimum atomic E-state index is -1.93. The molecule has 0 radical (unpaired) electrons. The summed E-state index contributed by atoms with van der Waals surface area (Å²) in [4.78, 5) is 36.2. The number of aromatic nitrogens is 2. The molecule has 1 aromatic heterocycles. The van der Waals surface area contributed by atoms with Crippen LogP contribution in [0, 0.1) is 0 Å². The summed E-state index contributed by atoms with van der Waals surface area (Å²) in [6.07, 6.45) is 6.65. The Hall–Kier alpha value is -2.45. The van der Waals surface area contributed by atoms with Gasteiger partial charge in [-0.05, 0) is 43.0 Å². The second-order valence-electron chi connectivity index (χ2n) is 12.3. The predicted octanol–water partition coefficient (Wildman–Crippen LogP) is 6.10. The molecule has 2 aromatic rings. The molecule has 1 fully saturated rings. The van der Waals surface area contributed by atoms with Gasteiger partial charge < -0.3 is 19.0 Å². The molecule has 1 aromatic carbocycles. The Balaban J connectivity index is 1.88. The van der Waals surface area contributed by atoms with Crippen molar-refractivity contribution in [3.8, 4) is 5.75 Å². The number of H-pyrrole nitrogens is 1. The molecule has 0 saturated heterocycles. The van der Waals surface area contributed by atoms with Gasteiger partial charge in [0.05, 0.1) is 13.2 Å². The van der Waals surface area contributed by atoms with E-state index in [1.54, 1.807) is 11.9 Å². The molecule has 8 heteroatoms.